The molecule has 3 N–H and O–H groups in total. The molecule has 0 aromatic carbocycles. The molecule has 0 aliphatic carbocycles. The number of carbonyl (C=O) groups excluding carboxylic acids is 1. The molecule has 0 aromatic heterocycles. The quantitative estimate of drug-likeness (QED) is 0.430. The summed E-state index contributed by atoms with van der Waals surface area (Å²) in [5, 5.41) is 3.09. The summed E-state index contributed by atoms with van der Waals surface area (Å²) in [5.41, 5.74) is 5.07. The first-order valence-corrected chi connectivity index (χ1v) is 4.52. The third-order valence-electron chi connectivity index (χ3n) is 1.23. The van der Waals surface area contributed by atoms with E-state index in [-0.39, 0.29) is 11.3 Å². The minimum atomic E-state index is -0.0647. The Morgan fingerprint density at radius 1 is 1.31 bits per heavy atom. The Balaban J connectivity index is 3.71. The highest BCUT2D eigenvalue weighted by molar-refractivity contribution is 7.80. The Morgan fingerprint density at radius 2 is 1.85 bits per heavy atom. The lowest BCUT2D eigenvalue weighted by Crippen LogP contribution is -2.46. The number of rotatable bonds is 1. The molecule has 0 spiro atoms. The number of nitrogens with one attached hydrogen (secondary N) is 3. The van der Waals surface area contributed by atoms with Crippen LogP contribution in [0.2, 0.25) is 0 Å². The maximum Gasteiger partial charge on any atom is 0.238 e. The summed E-state index contributed by atoms with van der Waals surface area (Å²) < 4.78 is 0. The van der Waals surface area contributed by atoms with Gasteiger partial charge in [-0.25, -0.2) is 0 Å². The van der Waals surface area contributed by atoms with Crippen LogP contribution in [0.1, 0.15) is 27.2 Å². The molecule has 13 heavy (non-hydrogen) atoms. The van der Waals surface area contributed by atoms with Crippen LogP contribution in [0.25, 0.3) is 0 Å². The van der Waals surface area contributed by atoms with Gasteiger partial charge in [-0.2, -0.15) is 0 Å². The van der Waals surface area contributed by atoms with Crippen LogP contribution in [-0.2, 0) is 4.79 Å². The van der Waals surface area contributed by atoms with Crippen molar-refractivity contribution in [2.24, 2.45) is 5.41 Å². The summed E-state index contributed by atoms with van der Waals surface area (Å²) in [6.45, 7) is 6.01. The Morgan fingerprint density at radius 3 is 2.23 bits per heavy atom. The highest BCUT2D eigenvalue weighted by Crippen LogP contribution is 2.17. The standard InChI is InChI=1S/C8H17N3OS/c1-8(2,3)5-6(12)10-11-7(13)9-4/h5H2,1-4H3,(H,10,12)(H2,9,11,13). The van der Waals surface area contributed by atoms with Crippen molar-refractivity contribution in [1.82, 2.24) is 16.2 Å². The third kappa shape index (κ3) is 7.52. The summed E-state index contributed by atoms with van der Waals surface area (Å²) in [6, 6.07) is 0. The minimum absolute atomic E-state index is 0.00692. The Hall–Kier alpha value is -0.840. The van der Waals surface area contributed by atoms with Crippen molar-refractivity contribution >= 4 is 23.2 Å². The molecule has 0 fully saturated rings. The van der Waals surface area contributed by atoms with Gasteiger partial charge >= 0.3 is 0 Å². The summed E-state index contributed by atoms with van der Waals surface area (Å²) >= 11 is 4.78. The van der Waals surface area contributed by atoms with Crippen molar-refractivity contribution in [1.29, 1.82) is 0 Å². The fourth-order valence-corrected chi connectivity index (χ4v) is 0.766. The molecule has 4 nitrogen and oxygen atoms in total. The Bertz CT molecular complexity index is 198. The van der Waals surface area contributed by atoms with Crippen molar-refractivity contribution in [3.8, 4) is 0 Å². The summed E-state index contributed by atoms with van der Waals surface area (Å²) in [6.07, 6.45) is 0.465. The fourth-order valence-electron chi connectivity index (χ4n) is 0.715. The van der Waals surface area contributed by atoms with E-state index in [2.05, 4.69) is 16.2 Å². The van der Waals surface area contributed by atoms with Crippen LogP contribution in [-0.4, -0.2) is 18.1 Å². The first-order valence-electron chi connectivity index (χ1n) is 4.12. The number of carbonyl (C=O) groups is 1. The molecule has 0 aliphatic rings. The second-order valence-electron chi connectivity index (χ2n) is 3.99. The molecule has 76 valence electrons. The lowest BCUT2D eigenvalue weighted by Gasteiger charge is -2.17. The second-order valence-corrected chi connectivity index (χ2v) is 4.40. The predicted octanol–water partition coefficient (Wildman–Crippen LogP) is 0.548. The van der Waals surface area contributed by atoms with Crippen molar-refractivity contribution in [2.45, 2.75) is 27.2 Å². The molecular formula is C8H17N3OS. The maximum atomic E-state index is 11.2. The van der Waals surface area contributed by atoms with E-state index in [0.29, 0.717) is 11.5 Å². The van der Waals surface area contributed by atoms with E-state index in [4.69, 9.17) is 12.2 Å². The number of hydrogen-bond acceptors (Lipinski definition) is 2. The lowest BCUT2D eigenvalue weighted by atomic mass is 9.92. The van der Waals surface area contributed by atoms with Crippen LogP contribution < -0.4 is 16.2 Å². The SMILES string of the molecule is CNC(=S)NNC(=O)CC(C)(C)C. The predicted molar refractivity (Wildman–Crippen MR) is 57.0 cm³/mol. The van der Waals surface area contributed by atoms with Gasteiger partial charge in [0.25, 0.3) is 0 Å². The molecule has 0 heterocycles. The summed E-state index contributed by atoms with van der Waals surface area (Å²) in [5.74, 6) is -0.0647. The molecule has 0 rings (SSSR count). The van der Waals surface area contributed by atoms with Gasteiger partial charge < -0.3 is 5.32 Å². The Labute approximate surface area is 84.4 Å². The van der Waals surface area contributed by atoms with Gasteiger partial charge in [0, 0.05) is 13.5 Å². The van der Waals surface area contributed by atoms with Gasteiger partial charge in [-0.1, -0.05) is 20.8 Å². The van der Waals surface area contributed by atoms with Crippen molar-refractivity contribution in [3.63, 3.8) is 0 Å². The van der Waals surface area contributed by atoms with E-state index in [1.807, 2.05) is 20.8 Å². The van der Waals surface area contributed by atoms with E-state index >= 15 is 0 Å². The topological polar surface area (TPSA) is 53.2 Å². The Kier molecular flexibility index (Phi) is 4.69. The number of thiocarbonyl (C=S) groups is 1. The van der Waals surface area contributed by atoms with Crippen LogP contribution in [0.15, 0.2) is 0 Å². The van der Waals surface area contributed by atoms with Crippen LogP contribution in [0.4, 0.5) is 0 Å². The second kappa shape index (κ2) is 5.01. The zero-order chi connectivity index (χ0) is 10.5. The zero-order valence-electron chi connectivity index (χ0n) is 8.52. The number of amides is 1. The molecule has 0 atom stereocenters. The van der Waals surface area contributed by atoms with E-state index in [9.17, 15) is 4.79 Å². The van der Waals surface area contributed by atoms with Crippen molar-refractivity contribution in [3.05, 3.63) is 0 Å². The summed E-state index contributed by atoms with van der Waals surface area (Å²) in [4.78, 5) is 11.2. The molecule has 0 unspecified atom stereocenters. The van der Waals surface area contributed by atoms with Gasteiger partial charge in [0.15, 0.2) is 5.11 Å². The normalized spacial score (nSPS) is 10.5. The molecule has 5 heteroatoms. The van der Waals surface area contributed by atoms with Crippen LogP contribution in [0, 0.1) is 5.41 Å². The van der Waals surface area contributed by atoms with Gasteiger partial charge in [0.05, 0.1) is 0 Å². The molecule has 0 saturated heterocycles. The number of hydrogen-bond donors (Lipinski definition) is 3. The average molecular weight is 203 g/mol. The van der Waals surface area contributed by atoms with Gasteiger partial charge in [-0.05, 0) is 17.6 Å². The molecule has 0 aliphatic heterocycles. The first-order chi connectivity index (χ1) is 5.85. The summed E-state index contributed by atoms with van der Waals surface area (Å²) in [7, 11) is 1.69. The van der Waals surface area contributed by atoms with Crippen molar-refractivity contribution < 1.29 is 4.79 Å². The van der Waals surface area contributed by atoms with E-state index in [0.717, 1.165) is 0 Å². The lowest BCUT2D eigenvalue weighted by molar-refractivity contribution is -0.123. The van der Waals surface area contributed by atoms with Gasteiger partial charge in [-0.3, -0.25) is 15.6 Å². The van der Waals surface area contributed by atoms with Crippen LogP contribution >= 0.6 is 12.2 Å². The zero-order valence-corrected chi connectivity index (χ0v) is 9.34. The third-order valence-corrected chi connectivity index (χ3v) is 1.54. The van der Waals surface area contributed by atoms with Crippen LogP contribution in [0.3, 0.4) is 0 Å². The van der Waals surface area contributed by atoms with E-state index in [1.165, 1.54) is 0 Å². The molecule has 0 saturated carbocycles. The smallest absolute Gasteiger partial charge is 0.238 e. The monoisotopic (exact) mass is 203 g/mol. The fraction of sp³-hybridized carbons (Fsp3) is 0.750. The average Bonchev–Trinajstić information content (AvgIpc) is 1.97. The highest BCUT2D eigenvalue weighted by atomic mass is 32.1. The number of hydrazine groups is 1. The van der Waals surface area contributed by atoms with Gasteiger partial charge in [0.1, 0.15) is 0 Å². The molecular weight excluding hydrogens is 186 g/mol. The van der Waals surface area contributed by atoms with Crippen molar-refractivity contribution in [2.75, 3.05) is 7.05 Å². The van der Waals surface area contributed by atoms with Gasteiger partial charge in [-0.15, -0.1) is 0 Å². The highest BCUT2D eigenvalue weighted by Gasteiger charge is 2.15. The minimum Gasteiger partial charge on any atom is -0.364 e. The molecule has 0 radical (unpaired) electrons. The van der Waals surface area contributed by atoms with E-state index in [1.54, 1.807) is 7.05 Å². The molecule has 1 amide bonds. The van der Waals surface area contributed by atoms with Crippen LogP contribution in [0.5, 0.6) is 0 Å². The largest absolute Gasteiger partial charge is 0.364 e. The first kappa shape index (κ1) is 12.2. The maximum absolute atomic E-state index is 11.2. The molecule has 0 aromatic rings. The molecule has 0 bridgehead atoms. The van der Waals surface area contributed by atoms with E-state index < -0.39 is 0 Å². The van der Waals surface area contributed by atoms with Gasteiger partial charge in [0.2, 0.25) is 5.91 Å².